The topological polar surface area (TPSA) is 76.5 Å². The standard InChI is InChI=1S/C13H19N5OS/c1-9-6-12(19)18-13(15-9)20-11(16-18)8-17-4-2-10(7-14)3-5-17/h6,10H,2-5,7-8,14H2,1H3. The number of hydrogen-bond acceptors (Lipinski definition) is 6. The van der Waals surface area contributed by atoms with E-state index in [4.69, 9.17) is 5.73 Å². The molecule has 0 aliphatic carbocycles. The number of piperidine rings is 1. The Kier molecular flexibility index (Phi) is 3.82. The summed E-state index contributed by atoms with van der Waals surface area (Å²) in [6, 6.07) is 1.52. The molecule has 3 rings (SSSR count). The fraction of sp³-hybridized carbons (Fsp3) is 0.615. The first kappa shape index (κ1) is 13.7. The molecule has 20 heavy (non-hydrogen) atoms. The number of fused-ring (bicyclic) bond motifs is 1. The van der Waals surface area contributed by atoms with Crippen LogP contribution in [-0.2, 0) is 6.54 Å². The number of nitrogens with two attached hydrogens (primary N) is 1. The average Bonchev–Trinajstić information content (AvgIpc) is 2.82. The normalized spacial score (nSPS) is 17.9. The van der Waals surface area contributed by atoms with E-state index >= 15 is 0 Å². The van der Waals surface area contributed by atoms with Gasteiger partial charge in [-0.15, -0.1) is 0 Å². The molecule has 0 aromatic carbocycles. The third-order valence-corrected chi connectivity index (χ3v) is 4.71. The van der Waals surface area contributed by atoms with Crippen molar-refractivity contribution >= 4 is 16.3 Å². The van der Waals surface area contributed by atoms with Gasteiger partial charge in [-0.2, -0.15) is 9.61 Å². The molecule has 3 heterocycles. The van der Waals surface area contributed by atoms with Crippen molar-refractivity contribution in [2.24, 2.45) is 11.7 Å². The fourth-order valence-corrected chi connectivity index (χ4v) is 3.58. The Hall–Kier alpha value is -1.31. The van der Waals surface area contributed by atoms with Crippen LogP contribution in [0.1, 0.15) is 23.5 Å². The maximum absolute atomic E-state index is 11.8. The summed E-state index contributed by atoms with van der Waals surface area (Å²) in [5.41, 5.74) is 6.35. The van der Waals surface area contributed by atoms with Gasteiger partial charge in [-0.05, 0) is 45.3 Å². The molecule has 2 aromatic heterocycles. The van der Waals surface area contributed by atoms with Gasteiger partial charge in [-0.3, -0.25) is 9.69 Å². The lowest BCUT2D eigenvalue weighted by molar-refractivity contribution is 0.180. The van der Waals surface area contributed by atoms with Gasteiger partial charge in [0.05, 0.1) is 6.54 Å². The van der Waals surface area contributed by atoms with E-state index < -0.39 is 0 Å². The van der Waals surface area contributed by atoms with Crippen molar-refractivity contribution in [1.82, 2.24) is 19.5 Å². The Morgan fingerprint density at radius 3 is 2.90 bits per heavy atom. The summed E-state index contributed by atoms with van der Waals surface area (Å²) in [4.78, 5) is 19.2. The van der Waals surface area contributed by atoms with Crippen LogP contribution in [-0.4, -0.2) is 39.1 Å². The lowest BCUT2D eigenvalue weighted by atomic mass is 9.97. The second-order valence-electron chi connectivity index (χ2n) is 5.38. The molecule has 0 saturated carbocycles. The molecule has 0 atom stereocenters. The Balaban J connectivity index is 1.75. The van der Waals surface area contributed by atoms with E-state index in [1.165, 1.54) is 21.9 Å². The Morgan fingerprint density at radius 1 is 1.45 bits per heavy atom. The quantitative estimate of drug-likeness (QED) is 0.898. The van der Waals surface area contributed by atoms with E-state index in [2.05, 4.69) is 15.0 Å². The van der Waals surface area contributed by atoms with Crippen molar-refractivity contribution < 1.29 is 0 Å². The van der Waals surface area contributed by atoms with Crippen LogP contribution in [0.25, 0.3) is 4.96 Å². The van der Waals surface area contributed by atoms with Crippen LogP contribution in [0, 0.1) is 12.8 Å². The van der Waals surface area contributed by atoms with Crippen LogP contribution in [0.15, 0.2) is 10.9 Å². The first-order chi connectivity index (χ1) is 9.65. The molecule has 0 amide bonds. The zero-order chi connectivity index (χ0) is 14.1. The summed E-state index contributed by atoms with van der Waals surface area (Å²) in [6.45, 7) is 5.52. The molecule has 1 saturated heterocycles. The van der Waals surface area contributed by atoms with Gasteiger partial charge >= 0.3 is 0 Å². The van der Waals surface area contributed by atoms with Crippen molar-refractivity contribution in [2.45, 2.75) is 26.3 Å². The van der Waals surface area contributed by atoms with Crippen LogP contribution in [0.4, 0.5) is 0 Å². The highest BCUT2D eigenvalue weighted by atomic mass is 32.1. The summed E-state index contributed by atoms with van der Waals surface area (Å²) in [6.07, 6.45) is 2.30. The highest BCUT2D eigenvalue weighted by Gasteiger charge is 2.19. The lowest BCUT2D eigenvalue weighted by Gasteiger charge is -2.30. The lowest BCUT2D eigenvalue weighted by Crippen LogP contribution is -2.35. The van der Waals surface area contributed by atoms with Crippen LogP contribution in [0.5, 0.6) is 0 Å². The van der Waals surface area contributed by atoms with Gasteiger partial charge in [-0.25, -0.2) is 4.98 Å². The van der Waals surface area contributed by atoms with Crippen molar-refractivity contribution in [1.29, 1.82) is 0 Å². The first-order valence-electron chi connectivity index (χ1n) is 6.94. The second-order valence-corrected chi connectivity index (χ2v) is 6.42. The van der Waals surface area contributed by atoms with Crippen molar-refractivity contribution in [3.63, 3.8) is 0 Å². The number of rotatable bonds is 3. The van der Waals surface area contributed by atoms with Gasteiger partial charge < -0.3 is 5.73 Å². The minimum absolute atomic E-state index is 0.100. The third-order valence-electron chi connectivity index (χ3n) is 3.81. The predicted molar refractivity (Wildman–Crippen MR) is 78.9 cm³/mol. The van der Waals surface area contributed by atoms with Crippen molar-refractivity contribution in [3.05, 3.63) is 27.1 Å². The smallest absolute Gasteiger partial charge is 0.275 e. The van der Waals surface area contributed by atoms with Crippen LogP contribution >= 0.6 is 11.3 Å². The zero-order valence-electron chi connectivity index (χ0n) is 11.6. The van der Waals surface area contributed by atoms with Gasteiger partial charge in [0.25, 0.3) is 5.56 Å². The number of aryl methyl sites for hydroxylation is 1. The van der Waals surface area contributed by atoms with Gasteiger partial charge in [0, 0.05) is 11.8 Å². The summed E-state index contributed by atoms with van der Waals surface area (Å²) < 4.78 is 1.40. The Labute approximate surface area is 121 Å². The maximum atomic E-state index is 11.8. The minimum Gasteiger partial charge on any atom is -0.330 e. The molecular formula is C13H19N5OS. The number of aromatic nitrogens is 3. The highest BCUT2D eigenvalue weighted by Crippen LogP contribution is 2.19. The fourth-order valence-electron chi connectivity index (χ4n) is 2.60. The highest BCUT2D eigenvalue weighted by molar-refractivity contribution is 7.16. The van der Waals surface area contributed by atoms with Crippen molar-refractivity contribution in [3.8, 4) is 0 Å². The molecule has 108 valence electrons. The van der Waals surface area contributed by atoms with E-state index in [0.29, 0.717) is 10.9 Å². The summed E-state index contributed by atoms with van der Waals surface area (Å²) in [5, 5.41) is 5.33. The van der Waals surface area contributed by atoms with Crippen LogP contribution in [0.2, 0.25) is 0 Å². The molecular weight excluding hydrogens is 274 g/mol. The largest absolute Gasteiger partial charge is 0.330 e. The Bertz CT molecular complexity index is 656. The summed E-state index contributed by atoms with van der Waals surface area (Å²) in [5.74, 6) is 0.661. The van der Waals surface area contributed by atoms with E-state index in [1.54, 1.807) is 0 Å². The number of hydrogen-bond donors (Lipinski definition) is 1. The van der Waals surface area contributed by atoms with E-state index in [9.17, 15) is 4.79 Å². The molecule has 7 heteroatoms. The van der Waals surface area contributed by atoms with Crippen molar-refractivity contribution in [2.75, 3.05) is 19.6 Å². The van der Waals surface area contributed by atoms with E-state index in [1.807, 2.05) is 6.92 Å². The maximum Gasteiger partial charge on any atom is 0.275 e. The monoisotopic (exact) mass is 293 g/mol. The molecule has 0 unspecified atom stereocenters. The summed E-state index contributed by atoms with van der Waals surface area (Å²) >= 11 is 1.50. The Morgan fingerprint density at radius 2 is 2.20 bits per heavy atom. The number of nitrogens with zero attached hydrogens (tertiary/aromatic N) is 4. The molecule has 0 radical (unpaired) electrons. The van der Waals surface area contributed by atoms with Crippen LogP contribution < -0.4 is 11.3 Å². The average molecular weight is 293 g/mol. The van der Waals surface area contributed by atoms with E-state index in [-0.39, 0.29) is 5.56 Å². The molecule has 1 aliphatic heterocycles. The molecule has 1 aliphatic rings. The van der Waals surface area contributed by atoms with Gasteiger partial charge in [0.2, 0.25) is 4.96 Å². The molecule has 2 N–H and O–H groups in total. The van der Waals surface area contributed by atoms with Crippen LogP contribution in [0.3, 0.4) is 0 Å². The number of likely N-dealkylation sites (tertiary alicyclic amines) is 1. The van der Waals surface area contributed by atoms with E-state index in [0.717, 1.165) is 49.7 Å². The van der Waals surface area contributed by atoms with Gasteiger partial charge in [0.15, 0.2) is 0 Å². The molecule has 2 aromatic rings. The second kappa shape index (κ2) is 5.59. The van der Waals surface area contributed by atoms with Gasteiger partial charge in [-0.1, -0.05) is 11.3 Å². The molecule has 6 nitrogen and oxygen atoms in total. The molecule has 1 fully saturated rings. The zero-order valence-corrected chi connectivity index (χ0v) is 12.4. The minimum atomic E-state index is -0.100. The van der Waals surface area contributed by atoms with Gasteiger partial charge in [0.1, 0.15) is 5.01 Å². The first-order valence-corrected chi connectivity index (χ1v) is 7.76. The predicted octanol–water partition coefficient (Wildman–Crippen LogP) is 0.630. The summed E-state index contributed by atoms with van der Waals surface area (Å²) in [7, 11) is 0. The third kappa shape index (κ3) is 2.74. The molecule has 0 bridgehead atoms. The SMILES string of the molecule is Cc1cc(=O)n2nc(CN3CCC(CN)CC3)sc2n1. The molecule has 0 spiro atoms.